The number of halogens is 1. The summed E-state index contributed by atoms with van der Waals surface area (Å²) >= 11 is 0. The lowest BCUT2D eigenvalue weighted by Gasteiger charge is -2.11. The van der Waals surface area contributed by atoms with Gasteiger partial charge in [0, 0.05) is 5.39 Å². The number of esters is 1. The van der Waals surface area contributed by atoms with Gasteiger partial charge in [0.2, 0.25) is 5.58 Å². The van der Waals surface area contributed by atoms with Crippen LogP contribution in [0.2, 0.25) is 0 Å². The van der Waals surface area contributed by atoms with Crippen LogP contribution in [-0.2, 0) is 16.1 Å². The molecule has 4 aromatic rings. The highest BCUT2D eigenvalue weighted by molar-refractivity contribution is 6.02. The van der Waals surface area contributed by atoms with Gasteiger partial charge in [-0.05, 0) is 36.4 Å². The first-order valence-corrected chi connectivity index (χ1v) is 8.01. The van der Waals surface area contributed by atoms with E-state index in [9.17, 15) is 18.8 Å². The number of hydrogen-bond donors (Lipinski definition) is 0. The van der Waals surface area contributed by atoms with E-state index >= 15 is 0 Å². The minimum Gasteiger partial charge on any atom is -0.468 e. The summed E-state index contributed by atoms with van der Waals surface area (Å²) < 4.78 is 25.5. The van der Waals surface area contributed by atoms with E-state index in [1.807, 2.05) is 0 Å². The number of furan rings is 1. The molecule has 0 spiro atoms. The number of nitrogens with zero attached hydrogens (tertiary/aromatic N) is 2. The molecule has 0 radical (unpaired) electrons. The van der Waals surface area contributed by atoms with E-state index in [1.165, 1.54) is 19.2 Å². The quantitative estimate of drug-likeness (QED) is 0.518. The standard InChI is InChI=1S/C19H13FN2O5/c1-26-15(23)10-21-16-13-4-2-3-5-14(13)27-17(16)18(24)22(19(21)25)12-8-6-11(20)7-9-12/h2-9H,10H2,1H3. The Hall–Kier alpha value is -3.68. The zero-order valence-electron chi connectivity index (χ0n) is 14.1. The predicted molar refractivity (Wildman–Crippen MR) is 95.6 cm³/mol. The minimum absolute atomic E-state index is 0.0796. The molecule has 0 amide bonds. The van der Waals surface area contributed by atoms with Crippen molar-refractivity contribution in [3.63, 3.8) is 0 Å². The summed E-state index contributed by atoms with van der Waals surface area (Å²) in [6.07, 6.45) is 0. The average molecular weight is 368 g/mol. The molecule has 2 aromatic carbocycles. The summed E-state index contributed by atoms with van der Waals surface area (Å²) in [5.41, 5.74) is -0.754. The Bertz CT molecular complexity index is 1300. The Morgan fingerprint density at radius 3 is 2.52 bits per heavy atom. The summed E-state index contributed by atoms with van der Waals surface area (Å²) in [7, 11) is 1.20. The van der Waals surface area contributed by atoms with E-state index < -0.39 is 29.6 Å². The molecule has 0 saturated carbocycles. The third-order valence-corrected chi connectivity index (χ3v) is 4.26. The van der Waals surface area contributed by atoms with E-state index in [-0.39, 0.29) is 16.8 Å². The zero-order valence-corrected chi connectivity index (χ0v) is 14.1. The summed E-state index contributed by atoms with van der Waals surface area (Å²) in [6.45, 7) is -0.406. The van der Waals surface area contributed by atoms with Gasteiger partial charge in [-0.2, -0.15) is 0 Å². The van der Waals surface area contributed by atoms with Gasteiger partial charge in [-0.15, -0.1) is 0 Å². The summed E-state index contributed by atoms with van der Waals surface area (Å²) in [5, 5.41) is 0.525. The molecule has 2 aromatic heterocycles. The van der Waals surface area contributed by atoms with E-state index in [0.29, 0.717) is 11.0 Å². The lowest BCUT2D eigenvalue weighted by Crippen LogP contribution is -2.40. The molecule has 0 aliphatic heterocycles. The van der Waals surface area contributed by atoms with Crippen molar-refractivity contribution in [1.29, 1.82) is 0 Å². The van der Waals surface area contributed by atoms with Crippen LogP contribution in [0, 0.1) is 5.82 Å². The van der Waals surface area contributed by atoms with Crippen LogP contribution < -0.4 is 11.2 Å². The van der Waals surface area contributed by atoms with Gasteiger partial charge in [-0.25, -0.2) is 13.8 Å². The second kappa shape index (κ2) is 6.24. The normalized spacial score (nSPS) is 11.2. The number of hydrogen-bond acceptors (Lipinski definition) is 5. The number of methoxy groups -OCH3 is 1. The molecule has 4 rings (SSSR count). The number of ether oxygens (including phenoxy) is 1. The topological polar surface area (TPSA) is 83.4 Å². The van der Waals surface area contributed by atoms with Crippen LogP contribution in [-0.4, -0.2) is 22.2 Å². The van der Waals surface area contributed by atoms with E-state index in [2.05, 4.69) is 4.74 Å². The number of fused-ring (bicyclic) bond motifs is 3. The fourth-order valence-corrected chi connectivity index (χ4v) is 3.01. The van der Waals surface area contributed by atoms with Gasteiger partial charge >= 0.3 is 17.2 Å². The number of rotatable bonds is 3. The largest absolute Gasteiger partial charge is 0.468 e. The fraction of sp³-hybridized carbons (Fsp3) is 0.105. The molecule has 0 N–H and O–H groups in total. The van der Waals surface area contributed by atoms with Crippen LogP contribution >= 0.6 is 0 Å². The third kappa shape index (κ3) is 2.62. The van der Waals surface area contributed by atoms with Gasteiger partial charge in [0.1, 0.15) is 23.5 Å². The predicted octanol–water partition coefficient (Wildman–Crippen LogP) is 2.21. The smallest absolute Gasteiger partial charge is 0.336 e. The van der Waals surface area contributed by atoms with Crippen LogP contribution in [0.1, 0.15) is 0 Å². The van der Waals surface area contributed by atoms with Crippen molar-refractivity contribution in [3.05, 3.63) is 75.2 Å². The molecule has 2 heterocycles. The molecular weight excluding hydrogens is 355 g/mol. The van der Waals surface area contributed by atoms with Crippen LogP contribution in [0.4, 0.5) is 4.39 Å². The van der Waals surface area contributed by atoms with Crippen molar-refractivity contribution in [2.45, 2.75) is 6.54 Å². The number of benzene rings is 2. The maximum Gasteiger partial charge on any atom is 0.336 e. The van der Waals surface area contributed by atoms with Gasteiger partial charge in [0.05, 0.1) is 12.8 Å². The molecule has 7 nitrogen and oxygen atoms in total. The lowest BCUT2D eigenvalue weighted by molar-refractivity contribution is -0.141. The van der Waals surface area contributed by atoms with E-state index in [4.69, 9.17) is 4.42 Å². The van der Waals surface area contributed by atoms with Gasteiger partial charge in [0.15, 0.2) is 0 Å². The van der Waals surface area contributed by atoms with Crippen molar-refractivity contribution in [2.24, 2.45) is 0 Å². The van der Waals surface area contributed by atoms with Crippen LogP contribution in [0.15, 0.2) is 62.5 Å². The van der Waals surface area contributed by atoms with Gasteiger partial charge in [0.25, 0.3) is 0 Å². The van der Waals surface area contributed by atoms with Crippen molar-refractivity contribution >= 4 is 28.0 Å². The Kier molecular flexibility index (Phi) is 3.88. The molecule has 0 fully saturated rings. The molecule has 136 valence electrons. The van der Waals surface area contributed by atoms with Crippen LogP contribution in [0.25, 0.3) is 27.8 Å². The second-order valence-corrected chi connectivity index (χ2v) is 5.84. The van der Waals surface area contributed by atoms with Crippen molar-refractivity contribution in [3.8, 4) is 5.69 Å². The molecule has 8 heteroatoms. The first-order chi connectivity index (χ1) is 13.0. The first-order valence-electron chi connectivity index (χ1n) is 8.01. The SMILES string of the molecule is COC(=O)Cn1c(=O)n(-c2ccc(F)cc2)c(=O)c2oc3ccccc3c21. The van der Waals surface area contributed by atoms with Gasteiger partial charge < -0.3 is 9.15 Å². The highest BCUT2D eigenvalue weighted by Crippen LogP contribution is 2.25. The maximum atomic E-state index is 13.2. The maximum absolute atomic E-state index is 13.2. The molecule has 27 heavy (non-hydrogen) atoms. The number of carbonyl (C=O) groups is 1. The minimum atomic E-state index is -0.754. The molecule has 0 bridgehead atoms. The van der Waals surface area contributed by atoms with Crippen molar-refractivity contribution < 1.29 is 18.3 Å². The molecule has 0 atom stereocenters. The Morgan fingerprint density at radius 1 is 1.11 bits per heavy atom. The summed E-state index contributed by atoms with van der Waals surface area (Å²) in [4.78, 5) is 37.9. The molecule has 0 aliphatic rings. The summed E-state index contributed by atoms with van der Waals surface area (Å²) in [6, 6.07) is 11.7. The second-order valence-electron chi connectivity index (χ2n) is 5.84. The van der Waals surface area contributed by atoms with Crippen LogP contribution in [0.3, 0.4) is 0 Å². The first kappa shape index (κ1) is 16.8. The highest BCUT2D eigenvalue weighted by atomic mass is 19.1. The summed E-state index contributed by atoms with van der Waals surface area (Å²) in [5.74, 6) is -1.17. The number of carbonyl (C=O) groups excluding carboxylic acids is 1. The number of aromatic nitrogens is 2. The molecule has 0 saturated heterocycles. The van der Waals surface area contributed by atoms with Crippen molar-refractivity contribution in [2.75, 3.05) is 7.11 Å². The zero-order chi connectivity index (χ0) is 19.1. The van der Waals surface area contributed by atoms with Crippen LogP contribution in [0.5, 0.6) is 0 Å². The molecule has 0 aliphatic carbocycles. The third-order valence-electron chi connectivity index (χ3n) is 4.26. The highest BCUT2D eigenvalue weighted by Gasteiger charge is 2.22. The Balaban J connectivity index is 2.16. The van der Waals surface area contributed by atoms with Crippen molar-refractivity contribution in [1.82, 2.24) is 9.13 Å². The van der Waals surface area contributed by atoms with E-state index in [1.54, 1.807) is 24.3 Å². The fourth-order valence-electron chi connectivity index (χ4n) is 3.01. The monoisotopic (exact) mass is 368 g/mol. The molecular formula is C19H13FN2O5. The average Bonchev–Trinajstić information content (AvgIpc) is 3.06. The van der Waals surface area contributed by atoms with E-state index in [0.717, 1.165) is 21.3 Å². The van der Waals surface area contributed by atoms with Gasteiger partial charge in [-0.3, -0.25) is 14.2 Å². The van der Waals surface area contributed by atoms with Gasteiger partial charge in [-0.1, -0.05) is 12.1 Å². The number of para-hydroxylation sites is 1. The lowest BCUT2D eigenvalue weighted by atomic mass is 10.2. The Morgan fingerprint density at radius 2 is 1.81 bits per heavy atom. The molecule has 0 unspecified atom stereocenters. The Labute approximate surface area is 150 Å².